The first kappa shape index (κ1) is 19.1. The van der Waals surface area contributed by atoms with Gasteiger partial charge in [-0.15, -0.1) is 0 Å². The Morgan fingerprint density at radius 2 is 1.92 bits per heavy atom. The van der Waals surface area contributed by atoms with Gasteiger partial charge >= 0.3 is 0 Å². The summed E-state index contributed by atoms with van der Waals surface area (Å²) in [5.41, 5.74) is 1.23. The summed E-state index contributed by atoms with van der Waals surface area (Å²) in [5, 5.41) is 4.15. The third kappa shape index (κ3) is 5.66. The van der Waals surface area contributed by atoms with Gasteiger partial charge in [0.25, 0.3) is 0 Å². The summed E-state index contributed by atoms with van der Waals surface area (Å²) < 4.78 is 29.3. The molecule has 2 fully saturated rings. The molecular weight excluding hydrogens is 360 g/mol. The fourth-order valence-corrected chi connectivity index (χ4v) is 4.88. The second-order valence-corrected chi connectivity index (χ2v) is 9.83. The van der Waals surface area contributed by atoms with Crippen LogP contribution in [-0.2, 0) is 21.0 Å². The van der Waals surface area contributed by atoms with Gasteiger partial charge in [0.1, 0.15) is 9.84 Å². The summed E-state index contributed by atoms with van der Waals surface area (Å²) in [4.78, 5) is 2.49. The van der Waals surface area contributed by atoms with Crippen molar-refractivity contribution in [3.8, 4) is 0 Å². The summed E-state index contributed by atoms with van der Waals surface area (Å²) in [7, 11) is -3.04. The van der Waals surface area contributed by atoms with E-state index in [9.17, 15) is 8.42 Å². The van der Waals surface area contributed by atoms with Gasteiger partial charge in [0, 0.05) is 29.9 Å². The summed E-state index contributed by atoms with van der Waals surface area (Å²) in [6.45, 7) is 3.31. The highest BCUT2D eigenvalue weighted by Gasteiger charge is 2.35. The fourth-order valence-electron chi connectivity index (χ4n) is 3.87. The van der Waals surface area contributed by atoms with E-state index in [4.69, 9.17) is 16.3 Å². The molecule has 0 aromatic heterocycles. The van der Waals surface area contributed by atoms with Crippen molar-refractivity contribution in [2.75, 3.05) is 38.2 Å². The number of ether oxygens (including phenoxy) is 1. The molecule has 5 nitrogen and oxygen atoms in total. The van der Waals surface area contributed by atoms with Gasteiger partial charge in [-0.2, -0.15) is 0 Å². The molecule has 25 heavy (non-hydrogen) atoms. The Morgan fingerprint density at radius 1 is 1.24 bits per heavy atom. The Balaban J connectivity index is 1.72. The summed E-state index contributed by atoms with van der Waals surface area (Å²) in [5.74, 6) is 0.0993. The van der Waals surface area contributed by atoms with Gasteiger partial charge in [-0.25, -0.2) is 8.42 Å². The maximum absolute atomic E-state index is 11.7. The van der Waals surface area contributed by atoms with Crippen LogP contribution in [0.3, 0.4) is 0 Å². The SMILES string of the molecule is CS(=O)(=O)C[C@H]1CN(C2CCNCC2)[C@@H](Cc2ccc(Cl)cc2)CO1. The molecule has 0 amide bonds. The molecule has 2 atom stereocenters. The molecule has 140 valence electrons. The molecule has 2 aliphatic heterocycles. The van der Waals surface area contributed by atoms with Gasteiger partial charge in [0.15, 0.2) is 0 Å². The minimum absolute atomic E-state index is 0.0993. The fraction of sp³-hybridized carbons (Fsp3) is 0.667. The van der Waals surface area contributed by atoms with Crippen LogP contribution in [0.25, 0.3) is 0 Å². The number of hydrogen-bond donors (Lipinski definition) is 1. The van der Waals surface area contributed by atoms with E-state index < -0.39 is 9.84 Å². The highest BCUT2D eigenvalue weighted by molar-refractivity contribution is 7.90. The maximum Gasteiger partial charge on any atom is 0.150 e. The van der Waals surface area contributed by atoms with Crippen molar-refractivity contribution < 1.29 is 13.2 Å². The molecule has 2 heterocycles. The molecule has 3 rings (SSSR count). The van der Waals surface area contributed by atoms with Crippen molar-refractivity contribution in [1.29, 1.82) is 0 Å². The quantitative estimate of drug-likeness (QED) is 0.835. The standard InChI is InChI=1S/C18H27ClN2O3S/c1-25(22,23)13-18-11-21(16-6-8-20-9-7-16)17(12-24-18)10-14-2-4-15(19)5-3-14/h2-5,16-18,20H,6-13H2,1H3/t17-,18+/m0/s1. The molecule has 2 saturated heterocycles. The number of nitrogens with zero attached hydrogens (tertiary/aromatic N) is 1. The van der Waals surface area contributed by atoms with Gasteiger partial charge in [-0.05, 0) is 50.0 Å². The van der Waals surface area contributed by atoms with Crippen molar-refractivity contribution in [3.05, 3.63) is 34.9 Å². The van der Waals surface area contributed by atoms with Crippen molar-refractivity contribution in [1.82, 2.24) is 10.2 Å². The van der Waals surface area contributed by atoms with Crippen LogP contribution in [0.4, 0.5) is 0 Å². The number of piperidine rings is 1. The first-order valence-electron chi connectivity index (χ1n) is 8.91. The van der Waals surface area contributed by atoms with Crippen molar-refractivity contribution >= 4 is 21.4 Å². The molecule has 2 aliphatic rings. The lowest BCUT2D eigenvalue weighted by Gasteiger charge is -2.45. The number of morpholine rings is 1. The maximum atomic E-state index is 11.7. The highest BCUT2D eigenvalue weighted by Crippen LogP contribution is 2.24. The Kier molecular flexibility index (Phi) is 6.39. The second kappa shape index (κ2) is 8.35. The van der Waals surface area contributed by atoms with E-state index in [0.29, 0.717) is 19.2 Å². The predicted molar refractivity (Wildman–Crippen MR) is 101 cm³/mol. The van der Waals surface area contributed by atoms with Gasteiger partial charge in [0.05, 0.1) is 18.5 Å². The predicted octanol–water partition coefficient (Wildman–Crippen LogP) is 1.75. The molecule has 0 unspecified atom stereocenters. The van der Waals surface area contributed by atoms with Gasteiger partial charge < -0.3 is 10.1 Å². The number of sulfone groups is 1. The van der Waals surface area contributed by atoms with E-state index in [0.717, 1.165) is 37.4 Å². The lowest BCUT2D eigenvalue weighted by molar-refractivity contribution is -0.0738. The zero-order valence-corrected chi connectivity index (χ0v) is 16.2. The van der Waals surface area contributed by atoms with E-state index in [1.165, 1.54) is 11.8 Å². The van der Waals surface area contributed by atoms with Crippen LogP contribution in [0.1, 0.15) is 18.4 Å². The molecule has 0 radical (unpaired) electrons. The van der Waals surface area contributed by atoms with E-state index in [2.05, 4.69) is 22.3 Å². The van der Waals surface area contributed by atoms with Crippen LogP contribution in [0.15, 0.2) is 24.3 Å². The van der Waals surface area contributed by atoms with Crippen molar-refractivity contribution in [2.45, 2.75) is 37.5 Å². The minimum Gasteiger partial charge on any atom is -0.374 e. The number of nitrogens with one attached hydrogen (secondary N) is 1. The van der Waals surface area contributed by atoms with Gasteiger partial charge in [0.2, 0.25) is 0 Å². The molecule has 7 heteroatoms. The zero-order chi connectivity index (χ0) is 17.9. The van der Waals surface area contributed by atoms with E-state index in [1.54, 1.807) is 0 Å². The molecule has 0 bridgehead atoms. The van der Waals surface area contributed by atoms with Crippen molar-refractivity contribution in [3.63, 3.8) is 0 Å². The van der Waals surface area contributed by atoms with E-state index in [1.807, 2.05) is 12.1 Å². The van der Waals surface area contributed by atoms with Crippen LogP contribution in [0.2, 0.25) is 5.02 Å². The molecule has 0 spiro atoms. The van der Waals surface area contributed by atoms with Crippen LogP contribution < -0.4 is 5.32 Å². The van der Waals surface area contributed by atoms with Crippen molar-refractivity contribution in [2.24, 2.45) is 0 Å². The molecular formula is C18H27ClN2O3S. The number of rotatable bonds is 5. The lowest BCUT2D eigenvalue weighted by atomic mass is 9.97. The number of benzene rings is 1. The topological polar surface area (TPSA) is 58.6 Å². The Hall–Kier alpha value is -0.660. The van der Waals surface area contributed by atoms with Crippen LogP contribution in [-0.4, -0.2) is 69.8 Å². The molecule has 1 aromatic rings. The summed E-state index contributed by atoms with van der Waals surface area (Å²) in [6.07, 6.45) is 4.15. The molecule has 1 aromatic carbocycles. The Bertz CT molecular complexity index is 659. The van der Waals surface area contributed by atoms with Crippen LogP contribution >= 0.6 is 11.6 Å². The number of halogens is 1. The Morgan fingerprint density at radius 3 is 2.56 bits per heavy atom. The normalized spacial score (nSPS) is 26.6. The largest absolute Gasteiger partial charge is 0.374 e. The first-order chi connectivity index (χ1) is 11.9. The summed E-state index contributed by atoms with van der Waals surface area (Å²) in [6, 6.07) is 8.73. The second-order valence-electron chi connectivity index (χ2n) is 7.21. The van der Waals surface area contributed by atoms with E-state index in [-0.39, 0.29) is 17.9 Å². The van der Waals surface area contributed by atoms with Crippen LogP contribution in [0.5, 0.6) is 0 Å². The summed E-state index contributed by atoms with van der Waals surface area (Å²) >= 11 is 5.99. The first-order valence-corrected chi connectivity index (χ1v) is 11.3. The van der Waals surface area contributed by atoms with Gasteiger partial charge in [-0.3, -0.25) is 4.90 Å². The third-order valence-electron chi connectivity index (χ3n) is 5.06. The smallest absolute Gasteiger partial charge is 0.150 e. The molecule has 1 N–H and O–H groups in total. The van der Waals surface area contributed by atoms with Crippen LogP contribution in [0, 0.1) is 0 Å². The average Bonchev–Trinajstić information content (AvgIpc) is 2.58. The molecule has 0 aliphatic carbocycles. The van der Waals surface area contributed by atoms with Gasteiger partial charge in [-0.1, -0.05) is 23.7 Å². The Labute approximate surface area is 155 Å². The average molecular weight is 387 g/mol. The highest BCUT2D eigenvalue weighted by atomic mass is 35.5. The minimum atomic E-state index is -3.04. The third-order valence-corrected chi connectivity index (χ3v) is 6.29. The van der Waals surface area contributed by atoms with E-state index >= 15 is 0 Å². The number of hydrogen-bond acceptors (Lipinski definition) is 5. The monoisotopic (exact) mass is 386 g/mol. The zero-order valence-electron chi connectivity index (χ0n) is 14.7. The lowest BCUT2D eigenvalue weighted by Crippen LogP contribution is -2.57. The molecule has 0 saturated carbocycles.